The number of carbonyl (C=O) groups excluding carboxylic acids is 4. The molecule has 2 aliphatic rings. The quantitative estimate of drug-likeness (QED) is 0.0394. The van der Waals surface area contributed by atoms with Crippen LogP contribution in [0, 0.1) is 0 Å². The van der Waals surface area contributed by atoms with Crippen molar-refractivity contribution in [2.24, 2.45) is 0 Å². The van der Waals surface area contributed by atoms with Crippen LogP contribution in [0.15, 0.2) is 85.5 Å². The molecule has 0 spiro atoms. The van der Waals surface area contributed by atoms with E-state index < -0.39 is 23.9 Å². The average molecular weight is 753 g/mol. The highest BCUT2D eigenvalue weighted by Gasteiger charge is 2.42. The molecule has 4 atom stereocenters. The van der Waals surface area contributed by atoms with Crippen molar-refractivity contribution in [3.63, 3.8) is 0 Å². The molecule has 2 aliphatic heterocycles. The molecule has 5 N–H and O–H groups in total. The summed E-state index contributed by atoms with van der Waals surface area (Å²) in [6.07, 6.45) is 5.87. The van der Waals surface area contributed by atoms with E-state index >= 15 is 0 Å². The third-order valence-corrected chi connectivity index (χ3v) is 11.1. The summed E-state index contributed by atoms with van der Waals surface area (Å²) in [6.45, 7) is 4.12. The molecule has 4 amide bonds. The lowest BCUT2D eigenvalue weighted by atomic mass is 10.0. The van der Waals surface area contributed by atoms with E-state index in [-0.39, 0.29) is 37.0 Å². The Morgan fingerprint density at radius 3 is 2.50 bits per heavy atom. The summed E-state index contributed by atoms with van der Waals surface area (Å²) in [7, 11) is 0. The Morgan fingerprint density at radius 1 is 0.981 bits per heavy atom. The van der Waals surface area contributed by atoms with Gasteiger partial charge in [0.1, 0.15) is 18.3 Å². The van der Waals surface area contributed by atoms with Gasteiger partial charge in [-0.15, -0.1) is 0 Å². The van der Waals surface area contributed by atoms with E-state index in [1.807, 2.05) is 48.2 Å². The highest BCUT2D eigenvalue weighted by Crippen LogP contribution is 2.33. The molecule has 3 unspecified atom stereocenters. The van der Waals surface area contributed by atoms with Crippen molar-refractivity contribution in [2.75, 3.05) is 18.9 Å². The summed E-state index contributed by atoms with van der Waals surface area (Å²) in [5.74, 6) is -1.18. The van der Waals surface area contributed by atoms with Gasteiger partial charge < -0.3 is 31.1 Å². The van der Waals surface area contributed by atoms with Gasteiger partial charge in [-0.05, 0) is 74.6 Å². The number of benzene rings is 3. The minimum Gasteiger partial charge on any atom is -0.480 e. The third kappa shape index (κ3) is 9.29. The molecule has 13 nitrogen and oxygen atoms in total. The SMILES string of the molecule is C=CCOC(=O)c1ccc(-c2nn(-c3ccc(C(=O)N[C@@H](CCCCNC(=O)CCCCC4SCC5NC(=O)NC54)C(=O)O)cc3)c3ccccc23)cc1. The van der Waals surface area contributed by atoms with Crippen LogP contribution in [0.3, 0.4) is 0 Å². The second-order valence-corrected chi connectivity index (χ2v) is 14.6. The number of aliphatic carboxylic acids is 1. The molecule has 0 aliphatic carbocycles. The van der Waals surface area contributed by atoms with E-state index in [9.17, 15) is 29.1 Å². The molecule has 0 radical (unpaired) electrons. The van der Waals surface area contributed by atoms with Gasteiger partial charge in [0.2, 0.25) is 5.91 Å². The summed E-state index contributed by atoms with van der Waals surface area (Å²) >= 11 is 1.86. The number of unbranched alkanes of at least 4 members (excludes halogenated alkanes) is 2. The fourth-order valence-corrected chi connectivity index (χ4v) is 8.32. The van der Waals surface area contributed by atoms with E-state index in [1.165, 1.54) is 6.08 Å². The van der Waals surface area contributed by atoms with Crippen LogP contribution in [-0.4, -0.2) is 87.0 Å². The minimum atomic E-state index is -1.12. The van der Waals surface area contributed by atoms with Crippen molar-refractivity contribution in [2.45, 2.75) is 68.3 Å². The number of thioether (sulfide) groups is 1. The van der Waals surface area contributed by atoms with Crippen molar-refractivity contribution in [3.05, 3.63) is 96.6 Å². The zero-order valence-corrected chi connectivity index (χ0v) is 30.6. The Balaban J connectivity index is 0.961. The van der Waals surface area contributed by atoms with Crippen LogP contribution < -0.4 is 21.3 Å². The molecular weight excluding hydrogens is 709 g/mol. The van der Waals surface area contributed by atoms with E-state index in [4.69, 9.17) is 9.84 Å². The number of carbonyl (C=O) groups is 5. The van der Waals surface area contributed by atoms with Gasteiger partial charge in [-0.2, -0.15) is 16.9 Å². The van der Waals surface area contributed by atoms with Crippen LogP contribution in [0.1, 0.15) is 65.7 Å². The van der Waals surface area contributed by atoms with E-state index in [1.54, 1.807) is 41.1 Å². The lowest BCUT2D eigenvalue weighted by Crippen LogP contribution is -2.40. The summed E-state index contributed by atoms with van der Waals surface area (Å²) in [4.78, 5) is 61.2. The first-order valence-corrected chi connectivity index (χ1v) is 19.2. The second-order valence-electron chi connectivity index (χ2n) is 13.4. The standard InChI is InChI=1S/C40H44N6O7S/c1-2-23-53-39(51)27-16-14-25(15-17-27)35-29-9-3-4-11-32(29)46(45-35)28-20-18-26(19-21-28)37(48)42-30(38(49)50)10-7-8-22-41-34(47)13-6-5-12-33-36-31(24-54-33)43-40(52)44-36/h2-4,9,11,14-21,30-31,33,36H,1,5-8,10,12-13,22-24H2,(H,41,47)(H,42,48)(H,49,50)(H2,43,44,52)/t30-,31?,33?,36?/m0/s1. The molecule has 4 aromatic rings. The van der Waals surface area contributed by atoms with Gasteiger partial charge in [-0.3, -0.25) is 9.59 Å². The number of rotatable bonds is 18. The summed E-state index contributed by atoms with van der Waals surface area (Å²) < 4.78 is 6.90. The van der Waals surface area contributed by atoms with Gasteiger partial charge in [0.15, 0.2) is 0 Å². The zero-order valence-electron chi connectivity index (χ0n) is 29.8. The Labute approximate surface area is 317 Å². The zero-order chi connectivity index (χ0) is 38.0. The van der Waals surface area contributed by atoms with Gasteiger partial charge in [0.25, 0.3) is 5.91 Å². The molecular formula is C40H44N6O7S. The minimum absolute atomic E-state index is 0.0361. The lowest BCUT2D eigenvalue weighted by Gasteiger charge is -2.16. The fraction of sp³-hybridized carbons (Fsp3) is 0.350. The number of nitrogens with zero attached hydrogens (tertiary/aromatic N) is 2. The number of hydrogen-bond donors (Lipinski definition) is 5. The molecule has 54 heavy (non-hydrogen) atoms. The highest BCUT2D eigenvalue weighted by atomic mass is 32.2. The number of ether oxygens (including phenoxy) is 1. The summed E-state index contributed by atoms with van der Waals surface area (Å²) in [6, 6.07) is 20.7. The first-order valence-electron chi connectivity index (χ1n) is 18.2. The van der Waals surface area contributed by atoms with Crippen LogP contribution in [0.25, 0.3) is 27.8 Å². The van der Waals surface area contributed by atoms with Crippen molar-refractivity contribution in [1.29, 1.82) is 0 Å². The molecule has 14 heteroatoms. The molecule has 2 saturated heterocycles. The van der Waals surface area contributed by atoms with Gasteiger partial charge >= 0.3 is 18.0 Å². The van der Waals surface area contributed by atoms with Gasteiger partial charge in [-0.25, -0.2) is 19.1 Å². The largest absolute Gasteiger partial charge is 0.480 e. The number of urea groups is 1. The molecule has 3 heterocycles. The van der Waals surface area contributed by atoms with Gasteiger partial charge in [-0.1, -0.05) is 49.4 Å². The predicted octanol–water partition coefficient (Wildman–Crippen LogP) is 5.23. The topological polar surface area (TPSA) is 181 Å². The molecule has 3 aromatic carbocycles. The van der Waals surface area contributed by atoms with E-state index in [0.29, 0.717) is 53.6 Å². The van der Waals surface area contributed by atoms with Crippen molar-refractivity contribution in [1.82, 2.24) is 31.0 Å². The smallest absolute Gasteiger partial charge is 0.338 e. The molecule has 1 aromatic heterocycles. The molecule has 6 rings (SSSR count). The molecule has 282 valence electrons. The number of aromatic nitrogens is 2. The van der Waals surface area contributed by atoms with Crippen LogP contribution >= 0.6 is 11.8 Å². The number of amides is 4. The van der Waals surface area contributed by atoms with Crippen molar-refractivity contribution >= 4 is 52.4 Å². The number of carboxylic acids is 1. The maximum atomic E-state index is 13.1. The molecule has 0 saturated carbocycles. The molecule has 2 fully saturated rings. The number of carboxylic acid groups (broad SMARTS) is 1. The Bertz CT molecular complexity index is 2000. The maximum Gasteiger partial charge on any atom is 0.338 e. The van der Waals surface area contributed by atoms with Crippen LogP contribution in [0.2, 0.25) is 0 Å². The van der Waals surface area contributed by atoms with E-state index in [0.717, 1.165) is 41.5 Å². The van der Waals surface area contributed by atoms with Gasteiger partial charge in [0, 0.05) is 40.5 Å². The number of hydrogen-bond acceptors (Lipinski definition) is 8. The first kappa shape index (κ1) is 38.1. The number of fused-ring (bicyclic) bond motifs is 2. The third-order valence-electron chi connectivity index (χ3n) is 9.61. The molecule has 0 bridgehead atoms. The Hall–Kier alpha value is -5.63. The fourth-order valence-electron chi connectivity index (χ4n) is 6.78. The number of para-hydroxylation sites is 1. The monoisotopic (exact) mass is 752 g/mol. The summed E-state index contributed by atoms with van der Waals surface area (Å²) in [5, 5.41) is 27.4. The lowest BCUT2D eigenvalue weighted by molar-refractivity contribution is -0.139. The second kappa shape index (κ2) is 17.9. The predicted molar refractivity (Wildman–Crippen MR) is 207 cm³/mol. The number of nitrogens with one attached hydrogen (secondary N) is 4. The van der Waals surface area contributed by atoms with Crippen molar-refractivity contribution < 1.29 is 33.8 Å². The van der Waals surface area contributed by atoms with Crippen LogP contribution in [0.5, 0.6) is 0 Å². The van der Waals surface area contributed by atoms with Crippen LogP contribution in [-0.2, 0) is 14.3 Å². The average Bonchev–Trinajstić information content (AvgIpc) is 3.87. The Morgan fingerprint density at radius 2 is 1.74 bits per heavy atom. The maximum absolute atomic E-state index is 13.1. The Kier molecular flexibility index (Phi) is 12.7. The van der Waals surface area contributed by atoms with Crippen LogP contribution in [0.4, 0.5) is 4.79 Å². The summed E-state index contributed by atoms with van der Waals surface area (Å²) in [5.41, 5.74) is 3.81. The number of esters is 1. The van der Waals surface area contributed by atoms with Gasteiger partial charge in [0.05, 0.1) is 28.9 Å². The van der Waals surface area contributed by atoms with Crippen molar-refractivity contribution in [3.8, 4) is 16.9 Å². The van der Waals surface area contributed by atoms with E-state index in [2.05, 4.69) is 27.8 Å². The highest BCUT2D eigenvalue weighted by molar-refractivity contribution is 8.00. The first-order chi connectivity index (χ1) is 26.2. The normalized spacial score (nSPS) is 17.9.